The highest BCUT2D eigenvalue weighted by molar-refractivity contribution is 6.15. The highest BCUT2D eigenvalue weighted by Gasteiger charge is 2.12. The van der Waals surface area contributed by atoms with Crippen LogP contribution in [0.15, 0.2) is 77.8 Å². The first-order valence-electron chi connectivity index (χ1n) is 9.23. The number of rotatable bonds is 7. The van der Waals surface area contributed by atoms with Crippen LogP contribution in [-0.4, -0.2) is 23.8 Å². The molecule has 0 aliphatic rings. The van der Waals surface area contributed by atoms with Crippen molar-refractivity contribution >= 4 is 35.2 Å². The van der Waals surface area contributed by atoms with Crippen LogP contribution in [0.3, 0.4) is 0 Å². The molecule has 3 rings (SSSR count). The van der Waals surface area contributed by atoms with Crippen LogP contribution in [0.5, 0.6) is 0 Å². The third kappa shape index (κ3) is 4.96. The Morgan fingerprint density at radius 3 is 2.50 bits per heavy atom. The van der Waals surface area contributed by atoms with Gasteiger partial charge in [-0.25, -0.2) is 4.99 Å². The van der Waals surface area contributed by atoms with Crippen LogP contribution in [0.1, 0.15) is 22.3 Å². The van der Waals surface area contributed by atoms with Crippen molar-refractivity contribution < 1.29 is 4.79 Å². The molecule has 0 aliphatic heterocycles. The number of nitrogens with zero attached hydrogens (tertiary/aromatic N) is 1. The van der Waals surface area contributed by atoms with Gasteiger partial charge in [-0.05, 0) is 35.9 Å². The number of carbonyl (C=O) groups is 1. The van der Waals surface area contributed by atoms with E-state index in [-0.39, 0.29) is 23.9 Å². The SMILES string of the molecule is N=CN=C(N)c1ccc(N)c(C(=N)c2cccc(NC(=O)Cc3ccccc3)c2)c1. The second kappa shape index (κ2) is 9.29. The summed E-state index contributed by atoms with van der Waals surface area (Å²) in [6.07, 6.45) is 1.13. The lowest BCUT2D eigenvalue weighted by Crippen LogP contribution is -2.16. The van der Waals surface area contributed by atoms with Gasteiger partial charge in [-0.2, -0.15) is 0 Å². The predicted molar refractivity (Wildman–Crippen MR) is 122 cm³/mol. The Bertz CT molecular complexity index is 1120. The molecule has 1 amide bonds. The smallest absolute Gasteiger partial charge is 0.228 e. The lowest BCUT2D eigenvalue weighted by atomic mass is 9.98. The molecule has 0 aromatic heterocycles. The molecule has 7 nitrogen and oxygen atoms in total. The van der Waals surface area contributed by atoms with E-state index in [9.17, 15) is 4.79 Å². The average Bonchev–Trinajstić information content (AvgIpc) is 2.74. The summed E-state index contributed by atoms with van der Waals surface area (Å²) < 4.78 is 0. The summed E-state index contributed by atoms with van der Waals surface area (Å²) in [6.45, 7) is 0. The van der Waals surface area contributed by atoms with Crippen molar-refractivity contribution in [1.82, 2.24) is 0 Å². The van der Waals surface area contributed by atoms with Gasteiger partial charge in [0.05, 0.1) is 12.1 Å². The van der Waals surface area contributed by atoms with Gasteiger partial charge in [-0.3, -0.25) is 15.6 Å². The van der Waals surface area contributed by atoms with Crippen LogP contribution < -0.4 is 16.8 Å². The normalized spacial score (nSPS) is 11.0. The molecule has 7 heteroatoms. The fraction of sp³-hybridized carbons (Fsp3) is 0.0435. The molecule has 0 saturated heterocycles. The number of aliphatic imine (C=N–C) groups is 1. The Morgan fingerprint density at radius 2 is 1.77 bits per heavy atom. The van der Waals surface area contributed by atoms with Gasteiger partial charge in [0.1, 0.15) is 12.2 Å². The molecule has 0 fully saturated rings. The van der Waals surface area contributed by atoms with Crippen LogP contribution in [0.2, 0.25) is 0 Å². The van der Waals surface area contributed by atoms with Gasteiger partial charge in [-0.15, -0.1) is 0 Å². The molecule has 0 heterocycles. The number of nitrogens with two attached hydrogens (primary N) is 2. The van der Waals surface area contributed by atoms with Crippen molar-refractivity contribution in [2.75, 3.05) is 11.1 Å². The van der Waals surface area contributed by atoms with Crippen molar-refractivity contribution in [2.24, 2.45) is 10.7 Å². The molecule has 7 N–H and O–H groups in total. The van der Waals surface area contributed by atoms with Crippen LogP contribution in [0.25, 0.3) is 0 Å². The maximum Gasteiger partial charge on any atom is 0.228 e. The third-order valence-corrected chi connectivity index (χ3v) is 4.46. The molecule has 30 heavy (non-hydrogen) atoms. The van der Waals surface area contributed by atoms with Crippen LogP contribution in [0.4, 0.5) is 11.4 Å². The van der Waals surface area contributed by atoms with E-state index in [1.54, 1.807) is 42.5 Å². The minimum atomic E-state index is -0.137. The number of nitrogens with one attached hydrogen (secondary N) is 3. The van der Waals surface area contributed by atoms with E-state index < -0.39 is 0 Å². The Morgan fingerprint density at radius 1 is 1.00 bits per heavy atom. The minimum absolute atomic E-state index is 0.137. The molecule has 0 spiro atoms. The van der Waals surface area contributed by atoms with Crippen molar-refractivity contribution in [1.29, 1.82) is 10.8 Å². The lowest BCUT2D eigenvalue weighted by molar-refractivity contribution is -0.115. The fourth-order valence-corrected chi connectivity index (χ4v) is 2.97. The zero-order valence-corrected chi connectivity index (χ0v) is 16.2. The van der Waals surface area contributed by atoms with E-state index in [2.05, 4.69) is 10.3 Å². The first-order valence-corrected chi connectivity index (χ1v) is 9.23. The molecule has 3 aromatic rings. The van der Waals surface area contributed by atoms with Gasteiger partial charge in [0.2, 0.25) is 5.91 Å². The molecule has 0 unspecified atom stereocenters. The fourth-order valence-electron chi connectivity index (χ4n) is 2.97. The van der Waals surface area contributed by atoms with E-state index in [1.165, 1.54) is 0 Å². The molecular weight excluding hydrogens is 376 g/mol. The Labute approximate surface area is 174 Å². The highest BCUT2D eigenvalue weighted by atomic mass is 16.1. The van der Waals surface area contributed by atoms with E-state index >= 15 is 0 Å². The van der Waals surface area contributed by atoms with E-state index in [4.69, 9.17) is 22.3 Å². The highest BCUT2D eigenvalue weighted by Crippen LogP contribution is 2.21. The standard InChI is InChI=1S/C23H22N6O/c24-14-28-23(27)17-9-10-20(25)19(13-17)22(26)16-7-4-8-18(12-16)29-21(30)11-15-5-2-1-3-6-15/h1-10,12-14,26H,11,25H2,(H,29,30)(H3,24,27,28). The van der Waals surface area contributed by atoms with Gasteiger partial charge in [0, 0.05) is 28.1 Å². The van der Waals surface area contributed by atoms with Gasteiger partial charge in [0.15, 0.2) is 0 Å². The van der Waals surface area contributed by atoms with E-state index in [0.717, 1.165) is 11.9 Å². The minimum Gasteiger partial charge on any atom is -0.398 e. The van der Waals surface area contributed by atoms with Crippen molar-refractivity contribution in [3.05, 3.63) is 95.1 Å². The van der Waals surface area contributed by atoms with Crippen LogP contribution >= 0.6 is 0 Å². The lowest BCUT2D eigenvalue weighted by Gasteiger charge is -2.12. The number of carbonyl (C=O) groups excluding carboxylic acids is 1. The predicted octanol–water partition coefficient (Wildman–Crippen LogP) is 3.18. The molecule has 150 valence electrons. The Kier molecular flexibility index (Phi) is 6.34. The average molecular weight is 398 g/mol. The molecule has 0 atom stereocenters. The summed E-state index contributed by atoms with van der Waals surface area (Å²) >= 11 is 0. The van der Waals surface area contributed by atoms with Gasteiger partial charge in [-0.1, -0.05) is 42.5 Å². The van der Waals surface area contributed by atoms with Crippen LogP contribution in [-0.2, 0) is 11.2 Å². The van der Waals surface area contributed by atoms with E-state index in [1.807, 2.05) is 30.3 Å². The molecule has 0 bridgehead atoms. The topological polar surface area (TPSA) is 141 Å². The molecule has 0 radical (unpaired) electrons. The van der Waals surface area contributed by atoms with Gasteiger partial charge < -0.3 is 16.8 Å². The van der Waals surface area contributed by atoms with Crippen molar-refractivity contribution in [3.8, 4) is 0 Å². The van der Waals surface area contributed by atoms with E-state index in [0.29, 0.717) is 28.1 Å². The zero-order valence-electron chi connectivity index (χ0n) is 16.2. The monoisotopic (exact) mass is 398 g/mol. The summed E-state index contributed by atoms with van der Waals surface area (Å²) in [6, 6.07) is 21.5. The summed E-state index contributed by atoms with van der Waals surface area (Å²) in [5.74, 6) is 0.0306. The molecule has 0 saturated carbocycles. The van der Waals surface area contributed by atoms with Crippen molar-refractivity contribution in [2.45, 2.75) is 6.42 Å². The number of anilines is 2. The summed E-state index contributed by atoms with van der Waals surface area (Å²) in [5, 5.41) is 18.5. The first-order chi connectivity index (χ1) is 14.5. The maximum atomic E-state index is 12.3. The van der Waals surface area contributed by atoms with Crippen LogP contribution in [0, 0.1) is 10.8 Å². The molecule has 3 aromatic carbocycles. The maximum absolute atomic E-state index is 12.3. The molecular formula is C23H22N6O. The summed E-state index contributed by atoms with van der Waals surface area (Å²) in [5.41, 5.74) is 15.7. The third-order valence-electron chi connectivity index (χ3n) is 4.46. The number of benzene rings is 3. The quantitative estimate of drug-likeness (QED) is 0.237. The second-order valence-corrected chi connectivity index (χ2v) is 6.61. The van der Waals surface area contributed by atoms with Crippen molar-refractivity contribution in [3.63, 3.8) is 0 Å². The summed E-state index contributed by atoms with van der Waals surface area (Å²) in [4.78, 5) is 16.1. The number of hydrogen-bond donors (Lipinski definition) is 5. The Balaban J connectivity index is 1.81. The number of amides is 1. The Hall–Kier alpha value is -4.26. The number of amidine groups is 1. The first kappa shape index (κ1) is 20.5. The zero-order chi connectivity index (χ0) is 21.5. The number of hydrogen-bond acceptors (Lipinski definition) is 4. The second-order valence-electron chi connectivity index (χ2n) is 6.61. The molecule has 0 aliphatic carbocycles. The largest absolute Gasteiger partial charge is 0.398 e. The van der Waals surface area contributed by atoms with Gasteiger partial charge in [0.25, 0.3) is 0 Å². The number of nitrogen functional groups attached to an aromatic ring is 1. The van der Waals surface area contributed by atoms with Gasteiger partial charge >= 0.3 is 0 Å². The summed E-state index contributed by atoms with van der Waals surface area (Å²) in [7, 11) is 0.